The zero-order valence-electron chi connectivity index (χ0n) is 20.3. The number of carbonyl (C=O) groups is 1. The Morgan fingerprint density at radius 3 is 2.63 bits per heavy atom. The SMILES string of the molecule is O=C(Cc1ccc2n[nH]c(Cl)c2c1)C[C@@H]1CCCC[C@H]1CN1CCC[C@@H](Cc2ccc(F)cc2)C1. The summed E-state index contributed by atoms with van der Waals surface area (Å²) in [6.07, 6.45) is 9.53. The molecule has 2 fully saturated rings. The molecule has 1 saturated carbocycles. The summed E-state index contributed by atoms with van der Waals surface area (Å²) in [6, 6.07) is 12.9. The molecule has 1 aromatic heterocycles. The van der Waals surface area contributed by atoms with Crippen LogP contribution < -0.4 is 0 Å². The molecule has 0 spiro atoms. The van der Waals surface area contributed by atoms with Crippen LogP contribution in [0.1, 0.15) is 56.1 Å². The molecule has 3 atom stereocenters. The summed E-state index contributed by atoms with van der Waals surface area (Å²) in [5.74, 6) is 1.87. The van der Waals surface area contributed by atoms with Gasteiger partial charge in [0.15, 0.2) is 0 Å². The molecule has 1 saturated heterocycles. The Morgan fingerprint density at radius 2 is 1.80 bits per heavy atom. The summed E-state index contributed by atoms with van der Waals surface area (Å²) >= 11 is 6.19. The number of aromatic nitrogens is 2. The second kappa shape index (κ2) is 11.2. The molecule has 1 N–H and O–H groups in total. The van der Waals surface area contributed by atoms with Crippen LogP contribution in [0.15, 0.2) is 42.5 Å². The second-order valence-electron chi connectivity index (χ2n) is 10.7. The maximum absolute atomic E-state index is 13.3. The predicted molar refractivity (Wildman–Crippen MR) is 139 cm³/mol. The van der Waals surface area contributed by atoms with Gasteiger partial charge in [0.05, 0.1) is 5.52 Å². The van der Waals surface area contributed by atoms with E-state index in [1.54, 1.807) is 12.1 Å². The first-order valence-electron chi connectivity index (χ1n) is 13.1. The summed E-state index contributed by atoms with van der Waals surface area (Å²) in [7, 11) is 0. The molecule has 186 valence electrons. The van der Waals surface area contributed by atoms with Crippen LogP contribution in [0.5, 0.6) is 0 Å². The molecule has 2 aliphatic rings. The van der Waals surface area contributed by atoms with E-state index in [0.29, 0.717) is 41.5 Å². The van der Waals surface area contributed by atoms with Gasteiger partial charge in [-0.2, -0.15) is 5.10 Å². The van der Waals surface area contributed by atoms with Crippen LogP contribution in [0.25, 0.3) is 10.9 Å². The highest BCUT2D eigenvalue weighted by Crippen LogP contribution is 2.35. The van der Waals surface area contributed by atoms with E-state index >= 15 is 0 Å². The highest BCUT2D eigenvalue weighted by molar-refractivity contribution is 6.34. The maximum atomic E-state index is 13.3. The zero-order valence-corrected chi connectivity index (χ0v) is 21.1. The lowest BCUT2D eigenvalue weighted by molar-refractivity contribution is -0.120. The first-order chi connectivity index (χ1) is 17.0. The Balaban J connectivity index is 1.16. The number of aromatic amines is 1. The van der Waals surface area contributed by atoms with Crippen molar-refractivity contribution in [3.8, 4) is 0 Å². The fraction of sp³-hybridized carbons (Fsp3) is 0.517. The van der Waals surface area contributed by atoms with Crippen LogP contribution in [-0.4, -0.2) is 40.5 Å². The van der Waals surface area contributed by atoms with Gasteiger partial charge in [-0.25, -0.2) is 4.39 Å². The Kier molecular flexibility index (Phi) is 7.84. The normalized spacial score (nSPS) is 23.5. The van der Waals surface area contributed by atoms with Gasteiger partial charge in [-0.1, -0.05) is 42.6 Å². The number of carbonyl (C=O) groups excluding carboxylic acids is 1. The summed E-state index contributed by atoms with van der Waals surface area (Å²) in [5, 5.41) is 8.38. The predicted octanol–water partition coefficient (Wildman–Crippen LogP) is 6.62. The molecule has 0 bridgehead atoms. The first kappa shape index (κ1) is 24.5. The Labute approximate surface area is 212 Å². The fourth-order valence-corrected chi connectivity index (χ4v) is 6.48. The number of nitrogens with one attached hydrogen (secondary N) is 1. The summed E-state index contributed by atoms with van der Waals surface area (Å²) in [5.41, 5.74) is 3.07. The number of hydrogen-bond donors (Lipinski definition) is 1. The number of halogens is 2. The van der Waals surface area contributed by atoms with Crippen LogP contribution >= 0.6 is 11.6 Å². The van der Waals surface area contributed by atoms with E-state index in [2.05, 4.69) is 15.1 Å². The van der Waals surface area contributed by atoms with Crippen LogP contribution in [-0.2, 0) is 17.6 Å². The molecule has 1 aliphatic heterocycles. The van der Waals surface area contributed by atoms with Gasteiger partial charge in [-0.15, -0.1) is 0 Å². The monoisotopic (exact) mass is 495 g/mol. The van der Waals surface area contributed by atoms with Gasteiger partial charge in [0, 0.05) is 31.3 Å². The van der Waals surface area contributed by atoms with Crippen molar-refractivity contribution < 1.29 is 9.18 Å². The number of benzene rings is 2. The number of Topliss-reactive ketones (excluding diaryl/α,β-unsaturated/α-hetero) is 1. The summed E-state index contributed by atoms with van der Waals surface area (Å²) < 4.78 is 13.3. The third-order valence-electron chi connectivity index (χ3n) is 8.06. The standard InChI is InChI=1S/C29H35ClFN3O/c30-29-27-16-21(9-12-28(27)32-33-29)15-26(35)17-23-5-1-2-6-24(23)19-34-13-3-4-22(18-34)14-20-7-10-25(31)11-8-20/h7-12,16,22-24H,1-6,13-15,17-19H2,(H,32,33)/t22-,23-,24-/m0/s1. The van der Waals surface area contributed by atoms with Crippen molar-refractivity contribution in [2.75, 3.05) is 19.6 Å². The number of rotatable bonds is 8. The van der Waals surface area contributed by atoms with Gasteiger partial charge in [-0.05, 0) is 91.8 Å². The summed E-state index contributed by atoms with van der Waals surface area (Å²) in [6.45, 7) is 3.37. The van der Waals surface area contributed by atoms with Gasteiger partial charge in [0.1, 0.15) is 16.8 Å². The van der Waals surface area contributed by atoms with E-state index in [4.69, 9.17) is 11.6 Å². The molecular weight excluding hydrogens is 461 g/mol. The van der Waals surface area contributed by atoms with Crippen LogP contribution in [0, 0.1) is 23.6 Å². The van der Waals surface area contributed by atoms with E-state index in [1.807, 2.05) is 30.3 Å². The molecule has 4 nitrogen and oxygen atoms in total. The van der Waals surface area contributed by atoms with Crippen molar-refractivity contribution in [1.82, 2.24) is 15.1 Å². The minimum Gasteiger partial charge on any atom is -0.303 e. The zero-order chi connectivity index (χ0) is 24.2. The average molecular weight is 496 g/mol. The van der Waals surface area contributed by atoms with E-state index in [9.17, 15) is 9.18 Å². The number of likely N-dealkylation sites (tertiary alicyclic amines) is 1. The van der Waals surface area contributed by atoms with Gasteiger partial charge in [-0.3, -0.25) is 9.89 Å². The molecule has 0 amide bonds. The minimum atomic E-state index is -0.164. The topological polar surface area (TPSA) is 49.0 Å². The number of nitrogens with zero attached hydrogens (tertiary/aromatic N) is 2. The molecule has 35 heavy (non-hydrogen) atoms. The quantitative estimate of drug-likeness (QED) is 0.382. The largest absolute Gasteiger partial charge is 0.303 e. The number of piperidine rings is 1. The number of fused-ring (bicyclic) bond motifs is 1. The van der Waals surface area contributed by atoms with Gasteiger partial charge >= 0.3 is 0 Å². The highest BCUT2D eigenvalue weighted by atomic mass is 35.5. The lowest BCUT2D eigenvalue weighted by atomic mass is 9.75. The highest BCUT2D eigenvalue weighted by Gasteiger charge is 2.30. The van der Waals surface area contributed by atoms with Crippen molar-refractivity contribution in [2.24, 2.45) is 17.8 Å². The smallest absolute Gasteiger partial charge is 0.137 e. The average Bonchev–Trinajstić information content (AvgIpc) is 3.22. The molecule has 3 aromatic rings. The second-order valence-corrected chi connectivity index (χ2v) is 11.1. The first-order valence-corrected chi connectivity index (χ1v) is 13.5. The van der Waals surface area contributed by atoms with Crippen molar-refractivity contribution in [3.63, 3.8) is 0 Å². The molecule has 0 radical (unpaired) electrons. The molecule has 2 aromatic carbocycles. The molecule has 1 aliphatic carbocycles. The van der Waals surface area contributed by atoms with Crippen molar-refractivity contribution >= 4 is 28.3 Å². The van der Waals surface area contributed by atoms with E-state index in [-0.39, 0.29) is 5.82 Å². The van der Waals surface area contributed by atoms with Gasteiger partial charge in [0.2, 0.25) is 0 Å². The third kappa shape index (κ3) is 6.31. The van der Waals surface area contributed by atoms with Crippen molar-refractivity contribution in [2.45, 2.75) is 57.8 Å². The van der Waals surface area contributed by atoms with E-state index < -0.39 is 0 Å². The molecular formula is C29H35ClFN3O. The maximum Gasteiger partial charge on any atom is 0.137 e. The Hall–Kier alpha value is -2.24. The van der Waals surface area contributed by atoms with Crippen LogP contribution in [0.2, 0.25) is 5.15 Å². The molecule has 2 heterocycles. The van der Waals surface area contributed by atoms with E-state index in [1.165, 1.54) is 37.7 Å². The van der Waals surface area contributed by atoms with Crippen LogP contribution in [0.4, 0.5) is 4.39 Å². The number of H-pyrrole nitrogens is 1. The number of ketones is 1. The third-order valence-corrected chi connectivity index (χ3v) is 8.35. The molecule has 6 heteroatoms. The fourth-order valence-electron chi connectivity index (χ4n) is 6.29. The molecule has 5 rings (SSSR count). The van der Waals surface area contributed by atoms with Gasteiger partial charge < -0.3 is 4.90 Å². The summed E-state index contributed by atoms with van der Waals surface area (Å²) in [4.78, 5) is 15.7. The van der Waals surface area contributed by atoms with Crippen molar-refractivity contribution in [1.29, 1.82) is 0 Å². The molecule has 0 unspecified atom stereocenters. The minimum absolute atomic E-state index is 0.164. The Bertz CT molecular complexity index is 1140. The number of hydrogen-bond acceptors (Lipinski definition) is 3. The van der Waals surface area contributed by atoms with Crippen molar-refractivity contribution in [3.05, 3.63) is 64.6 Å². The lowest BCUT2D eigenvalue weighted by Gasteiger charge is -2.39. The van der Waals surface area contributed by atoms with E-state index in [0.717, 1.165) is 48.9 Å². The van der Waals surface area contributed by atoms with Crippen LogP contribution in [0.3, 0.4) is 0 Å². The Morgan fingerprint density at radius 1 is 1.03 bits per heavy atom. The lowest BCUT2D eigenvalue weighted by Crippen LogP contribution is -2.41. The van der Waals surface area contributed by atoms with Gasteiger partial charge in [0.25, 0.3) is 0 Å².